The van der Waals surface area contributed by atoms with Crippen molar-refractivity contribution in [1.29, 1.82) is 0 Å². The minimum absolute atomic E-state index is 0.408. The van der Waals surface area contributed by atoms with Crippen molar-refractivity contribution in [3.63, 3.8) is 0 Å². The minimum atomic E-state index is 0.408. The van der Waals surface area contributed by atoms with Gasteiger partial charge in [0, 0.05) is 24.7 Å². The molecule has 0 spiro atoms. The van der Waals surface area contributed by atoms with E-state index in [4.69, 9.17) is 5.73 Å². The van der Waals surface area contributed by atoms with Crippen LogP contribution in [-0.4, -0.2) is 54.6 Å². The molecule has 4 unspecified atom stereocenters. The quantitative estimate of drug-likeness (QED) is 0.793. The van der Waals surface area contributed by atoms with E-state index in [0.717, 1.165) is 6.04 Å². The highest BCUT2D eigenvalue weighted by Gasteiger charge is 2.32. The SMILES string of the molecule is CC1C(N)CCN(CC2CCCCN2C)C1C. The Balaban J connectivity index is 1.89. The number of hydrogen-bond donors (Lipinski definition) is 1. The number of rotatable bonds is 2. The Hall–Kier alpha value is -0.120. The predicted molar refractivity (Wildman–Crippen MR) is 73.1 cm³/mol. The van der Waals surface area contributed by atoms with Crippen LogP contribution in [-0.2, 0) is 0 Å². The van der Waals surface area contributed by atoms with Crippen molar-refractivity contribution in [2.24, 2.45) is 11.7 Å². The highest BCUT2D eigenvalue weighted by molar-refractivity contribution is 4.89. The summed E-state index contributed by atoms with van der Waals surface area (Å²) >= 11 is 0. The van der Waals surface area contributed by atoms with Gasteiger partial charge in [-0.05, 0) is 52.2 Å². The molecule has 2 aliphatic rings. The number of nitrogens with two attached hydrogens (primary N) is 1. The monoisotopic (exact) mass is 239 g/mol. The van der Waals surface area contributed by atoms with Crippen LogP contribution in [0.5, 0.6) is 0 Å². The van der Waals surface area contributed by atoms with Gasteiger partial charge in [0.15, 0.2) is 0 Å². The van der Waals surface area contributed by atoms with Gasteiger partial charge in [0.1, 0.15) is 0 Å². The zero-order valence-corrected chi connectivity index (χ0v) is 11.7. The van der Waals surface area contributed by atoms with Crippen LogP contribution in [0.2, 0.25) is 0 Å². The van der Waals surface area contributed by atoms with Crippen LogP contribution < -0.4 is 5.73 Å². The molecule has 2 fully saturated rings. The summed E-state index contributed by atoms with van der Waals surface area (Å²) < 4.78 is 0. The molecule has 0 aromatic heterocycles. The first-order valence-corrected chi connectivity index (χ1v) is 7.29. The van der Waals surface area contributed by atoms with E-state index >= 15 is 0 Å². The molecule has 3 heteroatoms. The van der Waals surface area contributed by atoms with Crippen molar-refractivity contribution in [3.05, 3.63) is 0 Å². The number of likely N-dealkylation sites (N-methyl/N-ethyl adjacent to an activating group) is 1. The van der Waals surface area contributed by atoms with Crippen molar-refractivity contribution >= 4 is 0 Å². The van der Waals surface area contributed by atoms with Crippen molar-refractivity contribution < 1.29 is 0 Å². The van der Waals surface area contributed by atoms with Crippen LogP contribution in [0.3, 0.4) is 0 Å². The zero-order valence-electron chi connectivity index (χ0n) is 11.7. The van der Waals surface area contributed by atoms with E-state index in [1.54, 1.807) is 0 Å². The zero-order chi connectivity index (χ0) is 12.4. The summed E-state index contributed by atoms with van der Waals surface area (Å²) in [7, 11) is 2.29. The number of nitrogens with zero attached hydrogens (tertiary/aromatic N) is 2. The largest absolute Gasteiger partial charge is 0.327 e. The first-order valence-electron chi connectivity index (χ1n) is 7.29. The molecule has 17 heavy (non-hydrogen) atoms. The molecule has 0 aliphatic carbocycles. The maximum Gasteiger partial charge on any atom is 0.0220 e. The molecule has 2 heterocycles. The van der Waals surface area contributed by atoms with E-state index in [1.807, 2.05) is 0 Å². The number of piperidine rings is 2. The fourth-order valence-corrected chi connectivity index (χ4v) is 3.37. The van der Waals surface area contributed by atoms with Gasteiger partial charge in [-0.1, -0.05) is 13.3 Å². The van der Waals surface area contributed by atoms with E-state index in [1.165, 1.54) is 45.3 Å². The Bertz CT molecular complexity index is 244. The Kier molecular flexibility index (Phi) is 4.45. The van der Waals surface area contributed by atoms with Gasteiger partial charge in [-0.15, -0.1) is 0 Å². The Morgan fingerprint density at radius 3 is 2.59 bits per heavy atom. The molecule has 100 valence electrons. The molecular formula is C14H29N3. The Morgan fingerprint density at radius 2 is 1.88 bits per heavy atom. The van der Waals surface area contributed by atoms with Gasteiger partial charge in [-0.3, -0.25) is 4.90 Å². The molecule has 3 nitrogen and oxygen atoms in total. The van der Waals surface area contributed by atoms with E-state index < -0.39 is 0 Å². The maximum absolute atomic E-state index is 6.15. The van der Waals surface area contributed by atoms with Crippen molar-refractivity contribution in [3.8, 4) is 0 Å². The Morgan fingerprint density at radius 1 is 1.12 bits per heavy atom. The first-order chi connectivity index (χ1) is 8.09. The van der Waals surface area contributed by atoms with Crippen molar-refractivity contribution in [1.82, 2.24) is 9.80 Å². The fraction of sp³-hybridized carbons (Fsp3) is 1.00. The summed E-state index contributed by atoms with van der Waals surface area (Å²) in [6.45, 7) is 8.38. The predicted octanol–water partition coefficient (Wildman–Crippen LogP) is 1.53. The molecule has 2 saturated heterocycles. The van der Waals surface area contributed by atoms with E-state index in [9.17, 15) is 0 Å². The molecule has 2 rings (SSSR count). The maximum atomic E-state index is 6.15. The molecule has 0 bridgehead atoms. The van der Waals surface area contributed by atoms with E-state index in [2.05, 4.69) is 30.7 Å². The number of hydrogen-bond acceptors (Lipinski definition) is 3. The van der Waals surface area contributed by atoms with Crippen LogP contribution >= 0.6 is 0 Å². The summed E-state index contributed by atoms with van der Waals surface area (Å²) in [4.78, 5) is 5.22. The van der Waals surface area contributed by atoms with Gasteiger partial charge >= 0.3 is 0 Å². The molecule has 2 aliphatic heterocycles. The molecule has 0 radical (unpaired) electrons. The lowest BCUT2D eigenvalue weighted by Crippen LogP contribution is -2.55. The van der Waals surface area contributed by atoms with Crippen molar-refractivity contribution in [2.75, 3.05) is 26.7 Å². The third kappa shape index (κ3) is 3.01. The molecule has 0 aromatic rings. The third-order valence-corrected chi connectivity index (χ3v) is 5.13. The van der Waals surface area contributed by atoms with Gasteiger partial charge in [0.25, 0.3) is 0 Å². The van der Waals surface area contributed by atoms with Gasteiger partial charge in [0.05, 0.1) is 0 Å². The minimum Gasteiger partial charge on any atom is -0.327 e. The van der Waals surface area contributed by atoms with Crippen LogP contribution in [0.1, 0.15) is 39.5 Å². The van der Waals surface area contributed by atoms with Crippen LogP contribution in [0.4, 0.5) is 0 Å². The molecule has 0 aromatic carbocycles. The molecule has 4 atom stereocenters. The van der Waals surface area contributed by atoms with E-state index in [0.29, 0.717) is 18.0 Å². The topological polar surface area (TPSA) is 32.5 Å². The first kappa shape index (κ1) is 13.3. The second-order valence-corrected chi connectivity index (χ2v) is 6.18. The average Bonchev–Trinajstić information content (AvgIpc) is 2.32. The third-order valence-electron chi connectivity index (χ3n) is 5.13. The fourth-order valence-electron chi connectivity index (χ4n) is 3.37. The van der Waals surface area contributed by atoms with Crippen molar-refractivity contribution in [2.45, 2.75) is 57.7 Å². The average molecular weight is 239 g/mol. The second kappa shape index (κ2) is 5.68. The van der Waals surface area contributed by atoms with Gasteiger partial charge in [0.2, 0.25) is 0 Å². The van der Waals surface area contributed by atoms with Gasteiger partial charge < -0.3 is 10.6 Å². The summed E-state index contributed by atoms with van der Waals surface area (Å²) in [6.07, 6.45) is 5.33. The highest BCUT2D eigenvalue weighted by atomic mass is 15.2. The standard InChI is InChI=1S/C14H29N3/c1-11-12(2)17(9-7-14(11)15)10-13-6-4-5-8-16(13)3/h11-14H,4-10,15H2,1-3H3. The normalized spacial score (nSPS) is 41.6. The molecule has 0 saturated carbocycles. The van der Waals surface area contributed by atoms with Gasteiger partial charge in [-0.25, -0.2) is 0 Å². The molecular weight excluding hydrogens is 210 g/mol. The summed E-state index contributed by atoms with van der Waals surface area (Å²) in [5, 5.41) is 0. The summed E-state index contributed by atoms with van der Waals surface area (Å²) in [5.74, 6) is 0.637. The lowest BCUT2D eigenvalue weighted by Gasteiger charge is -2.45. The lowest BCUT2D eigenvalue weighted by atomic mass is 9.87. The molecule has 0 amide bonds. The Labute approximate surface area is 106 Å². The van der Waals surface area contributed by atoms with Crippen LogP contribution in [0.15, 0.2) is 0 Å². The molecule has 2 N–H and O–H groups in total. The second-order valence-electron chi connectivity index (χ2n) is 6.18. The highest BCUT2D eigenvalue weighted by Crippen LogP contribution is 2.24. The smallest absolute Gasteiger partial charge is 0.0220 e. The van der Waals surface area contributed by atoms with Gasteiger partial charge in [-0.2, -0.15) is 0 Å². The lowest BCUT2D eigenvalue weighted by molar-refractivity contribution is 0.0549. The summed E-state index contributed by atoms with van der Waals surface area (Å²) in [6, 6.07) is 1.83. The summed E-state index contributed by atoms with van der Waals surface area (Å²) in [5.41, 5.74) is 6.15. The van der Waals surface area contributed by atoms with Crippen LogP contribution in [0, 0.1) is 5.92 Å². The van der Waals surface area contributed by atoms with Crippen LogP contribution in [0.25, 0.3) is 0 Å². The van der Waals surface area contributed by atoms with E-state index in [-0.39, 0.29) is 0 Å². The number of likely N-dealkylation sites (tertiary alicyclic amines) is 2.